The van der Waals surface area contributed by atoms with Crippen molar-refractivity contribution in [3.05, 3.63) is 133 Å². The van der Waals surface area contributed by atoms with Gasteiger partial charge in [-0.25, -0.2) is 0 Å². The minimum Gasteiger partial charge on any atom is -0.255 e. The molecule has 0 unspecified atom stereocenters. The number of pyridine rings is 4. The van der Waals surface area contributed by atoms with Gasteiger partial charge in [0.1, 0.15) is 0 Å². The first-order valence-electron chi connectivity index (χ1n) is 14.1. The largest absolute Gasteiger partial charge is 0.255 e. The molecule has 0 aliphatic rings. The molecular weight excluding hydrogens is 540 g/mol. The number of benzene rings is 4. The van der Waals surface area contributed by atoms with Gasteiger partial charge in [-0.15, -0.1) is 0 Å². The van der Waals surface area contributed by atoms with Gasteiger partial charge in [-0.3, -0.25) is 19.9 Å². The Kier molecular flexibility index (Phi) is 5.79. The zero-order valence-electron chi connectivity index (χ0n) is 23.2. The Hall–Kier alpha value is -6.50. The summed E-state index contributed by atoms with van der Waals surface area (Å²) in [6, 6.07) is 36.8. The van der Waals surface area contributed by atoms with Crippen molar-refractivity contribution in [1.29, 1.82) is 10.5 Å². The van der Waals surface area contributed by atoms with Crippen molar-refractivity contribution in [2.24, 2.45) is 0 Å². The van der Waals surface area contributed by atoms with Crippen LogP contribution in [0.15, 0.2) is 122 Å². The molecule has 44 heavy (non-hydrogen) atoms. The van der Waals surface area contributed by atoms with E-state index in [1.165, 1.54) is 32.3 Å². The number of nitriles is 2. The molecule has 0 fully saturated rings. The minimum atomic E-state index is 0.561. The van der Waals surface area contributed by atoms with E-state index in [0.29, 0.717) is 22.5 Å². The third-order valence-electron chi connectivity index (χ3n) is 8.03. The van der Waals surface area contributed by atoms with E-state index in [4.69, 9.17) is 0 Å². The highest BCUT2D eigenvalue weighted by molar-refractivity contribution is 6.24. The molecular formula is C38H20N6. The Bertz CT molecular complexity index is 2210. The standard InChI is InChI=1S/C38H20N6/c39-19-23-9-11-41-35(13-23)33-7-5-29(21-43-33)31-15-25-1-2-26-16-32(18-28-4-3-27(17-31)37(25)38(26)28)30-6-8-34(44-22-30)36-14-24(20-40)10-12-42-36/h1-18,21-22H. The fraction of sp³-hybridized carbons (Fsp3) is 0. The molecule has 6 heteroatoms. The first-order valence-corrected chi connectivity index (χ1v) is 14.1. The lowest BCUT2D eigenvalue weighted by atomic mass is 9.90. The summed E-state index contributed by atoms with van der Waals surface area (Å²) in [5.41, 5.74) is 8.16. The second-order valence-electron chi connectivity index (χ2n) is 10.7. The molecule has 0 aliphatic carbocycles. The fourth-order valence-corrected chi connectivity index (χ4v) is 5.88. The Labute approximate surface area is 252 Å². The molecule has 8 rings (SSSR count). The van der Waals surface area contributed by atoms with Crippen molar-refractivity contribution < 1.29 is 0 Å². The third kappa shape index (κ3) is 4.27. The first kappa shape index (κ1) is 25.2. The summed E-state index contributed by atoms with van der Waals surface area (Å²) >= 11 is 0. The van der Waals surface area contributed by atoms with Crippen LogP contribution in [0.2, 0.25) is 0 Å². The molecule has 0 saturated carbocycles. The average molecular weight is 561 g/mol. The van der Waals surface area contributed by atoms with Crippen molar-refractivity contribution in [1.82, 2.24) is 19.9 Å². The van der Waals surface area contributed by atoms with Gasteiger partial charge in [-0.1, -0.05) is 36.4 Å². The molecule has 4 aromatic carbocycles. The zero-order valence-corrected chi connectivity index (χ0v) is 23.2. The van der Waals surface area contributed by atoms with E-state index in [-0.39, 0.29) is 0 Å². The molecule has 0 atom stereocenters. The Morgan fingerprint density at radius 3 is 1.14 bits per heavy atom. The summed E-state index contributed by atoms with van der Waals surface area (Å²) in [7, 11) is 0. The smallest absolute Gasteiger partial charge is 0.0992 e. The van der Waals surface area contributed by atoms with Crippen LogP contribution in [0.4, 0.5) is 0 Å². The Balaban J connectivity index is 1.15. The first-order chi connectivity index (χ1) is 21.7. The maximum absolute atomic E-state index is 9.22. The van der Waals surface area contributed by atoms with Gasteiger partial charge >= 0.3 is 0 Å². The second-order valence-corrected chi connectivity index (χ2v) is 10.7. The SMILES string of the molecule is N#Cc1ccnc(-c2ccc(-c3cc4ccc5cc(-c6ccc(-c7cc(C#N)ccn7)nc6)cc6ccc(c3)c4c56)cn2)c1. The summed E-state index contributed by atoms with van der Waals surface area (Å²) < 4.78 is 0. The van der Waals surface area contributed by atoms with Gasteiger partial charge in [0.2, 0.25) is 0 Å². The van der Waals surface area contributed by atoms with Gasteiger partial charge in [-0.05, 0) is 104 Å². The van der Waals surface area contributed by atoms with E-state index in [9.17, 15) is 10.5 Å². The summed E-state index contributed by atoms with van der Waals surface area (Å²) in [4.78, 5) is 18.1. The lowest BCUT2D eigenvalue weighted by Gasteiger charge is -2.14. The molecule has 0 spiro atoms. The zero-order chi connectivity index (χ0) is 29.6. The van der Waals surface area contributed by atoms with Gasteiger partial charge < -0.3 is 0 Å². The van der Waals surface area contributed by atoms with Crippen molar-refractivity contribution in [3.63, 3.8) is 0 Å². The maximum atomic E-state index is 9.22. The van der Waals surface area contributed by atoms with Crippen LogP contribution >= 0.6 is 0 Å². The van der Waals surface area contributed by atoms with Crippen LogP contribution in [0.25, 0.3) is 77.3 Å². The Morgan fingerprint density at radius 1 is 0.386 bits per heavy atom. The van der Waals surface area contributed by atoms with Gasteiger partial charge in [-0.2, -0.15) is 10.5 Å². The van der Waals surface area contributed by atoms with E-state index in [1.807, 2.05) is 24.5 Å². The summed E-state index contributed by atoms with van der Waals surface area (Å²) in [6.45, 7) is 0. The predicted molar refractivity (Wildman–Crippen MR) is 172 cm³/mol. The molecule has 8 aromatic rings. The number of rotatable bonds is 4. The van der Waals surface area contributed by atoms with Crippen molar-refractivity contribution >= 4 is 32.3 Å². The molecule has 4 heterocycles. The molecule has 202 valence electrons. The third-order valence-corrected chi connectivity index (χ3v) is 8.03. The molecule has 0 aliphatic heterocycles. The lowest BCUT2D eigenvalue weighted by Crippen LogP contribution is -1.91. The minimum absolute atomic E-state index is 0.561. The van der Waals surface area contributed by atoms with Crippen LogP contribution in [0, 0.1) is 22.7 Å². The molecule has 0 radical (unpaired) electrons. The predicted octanol–water partition coefficient (Wildman–Crippen LogP) is 8.58. The number of aromatic nitrogens is 4. The highest BCUT2D eigenvalue weighted by Gasteiger charge is 2.13. The van der Waals surface area contributed by atoms with Crippen LogP contribution in [-0.2, 0) is 0 Å². The number of hydrogen-bond donors (Lipinski definition) is 0. The van der Waals surface area contributed by atoms with E-state index in [2.05, 4.69) is 92.7 Å². The summed E-state index contributed by atoms with van der Waals surface area (Å²) in [6.07, 6.45) is 7.00. The topological polar surface area (TPSA) is 99.1 Å². The van der Waals surface area contributed by atoms with Crippen molar-refractivity contribution in [2.75, 3.05) is 0 Å². The molecule has 0 N–H and O–H groups in total. The van der Waals surface area contributed by atoms with E-state index in [1.54, 1.807) is 36.7 Å². The monoisotopic (exact) mass is 560 g/mol. The van der Waals surface area contributed by atoms with E-state index < -0.39 is 0 Å². The molecule has 4 aromatic heterocycles. The normalized spacial score (nSPS) is 11.1. The fourth-order valence-electron chi connectivity index (χ4n) is 5.88. The maximum Gasteiger partial charge on any atom is 0.0992 e. The van der Waals surface area contributed by atoms with Gasteiger partial charge in [0, 0.05) is 35.9 Å². The number of hydrogen-bond acceptors (Lipinski definition) is 6. The van der Waals surface area contributed by atoms with E-state index >= 15 is 0 Å². The number of nitrogens with zero attached hydrogens (tertiary/aromatic N) is 6. The van der Waals surface area contributed by atoms with Gasteiger partial charge in [0.15, 0.2) is 0 Å². The molecule has 0 amide bonds. The van der Waals surface area contributed by atoms with Crippen LogP contribution in [0.5, 0.6) is 0 Å². The second kappa shape index (κ2) is 10.1. The molecule has 6 nitrogen and oxygen atoms in total. The van der Waals surface area contributed by atoms with Crippen LogP contribution < -0.4 is 0 Å². The van der Waals surface area contributed by atoms with Crippen molar-refractivity contribution in [2.45, 2.75) is 0 Å². The lowest BCUT2D eigenvalue weighted by molar-refractivity contribution is 1.24. The quantitative estimate of drug-likeness (QED) is 0.200. The molecule has 0 bridgehead atoms. The highest BCUT2D eigenvalue weighted by atomic mass is 14.8. The van der Waals surface area contributed by atoms with Gasteiger partial charge in [0.05, 0.1) is 46.0 Å². The van der Waals surface area contributed by atoms with Crippen LogP contribution in [0.3, 0.4) is 0 Å². The van der Waals surface area contributed by atoms with Crippen LogP contribution in [0.1, 0.15) is 11.1 Å². The Morgan fingerprint density at radius 2 is 0.795 bits per heavy atom. The van der Waals surface area contributed by atoms with Gasteiger partial charge in [0.25, 0.3) is 0 Å². The van der Waals surface area contributed by atoms with E-state index in [0.717, 1.165) is 33.6 Å². The highest BCUT2D eigenvalue weighted by Crippen LogP contribution is 2.39. The average Bonchev–Trinajstić information content (AvgIpc) is 3.10. The van der Waals surface area contributed by atoms with Crippen molar-refractivity contribution in [3.8, 4) is 57.2 Å². The molecule has 0 saturated heterocycles. The summed E-state index contributed by atoms with van der Waals surface area (Å²) in [5.74, 6) is 0. The van der Waals surface area contributed by atoms with Crippen LogP contribution in [-0.4, -0.2) is 19.9 Å². The summed E-state index contributed by atoms with van der Waals surface area (Å²) in [5, 5.41) is 25.6.